The molecule has 0 aliphatic heterocycles. The molecule has 37 heavy (non-hydrogen) atoms. The third-order valence-electron chi connectivity index (χ3n) is 7.40. The summed E-state index contributed by atoms with van der Waals surface area (Å²) >= 11 is 0. The Morgan fingerprint density at radius 2 is 1.46 bits per heavy atom. The van der Waals surface area contributed by atoms with Crippen LogP contribution in [0.5, 0.6) is 17.2 Å². The van der Waals surface area contributed by atoms with Crippen molar-refractivity contribution in [2.24, 2.45) is 11.8 Å². The lowest BCUT2D eigenvalue weighted by Gasteiger charge is -2.31. The van der Waals surface area contributed by atoms with Gasteiger partial charge in [-0.25, -0.2) is 9.18 Å². The van der Waals surface area contributed by atoms with Gasteiger partial charge in [-0.2, -0.15) is 0 Å². The number of benzene rings is 2. The molecule has 0 heterocycles. The maximum absolute atomic E-state index is 14.2. The number of hydrogen-bond donors (Lipinski definition) is 0. The molecule has 204 valence electrons. The van der Waals surface area contributed by atoms with Crippen LogP contribution >= 0.6 is 0 Å². The van der Waals surface area contributed by atoms with E-state index in [1.165, 1.54) is 82.8 Å². The average molecular weight is 513 g/mol. The number of esters is 1. The Morgan fingerprint density at radius 3 is 2.14 bits per heavy atom. The summed E-state index contributed by atoms with van der Waals surface area (Å²) in [6, 6.07) is 11.2. The lowest BCUT2D eigenvalue weighted by Crippen LogP contribution is -2.20. The van der Waals surface area contributed by atoms with Crippen molar-refractivity contribution in [1.29, 1.82) is 0 Å². The second kappa shape index (κ2) is 16.3. The summed E-state index contributed by atoms with van der Waals surface area (Å²) in [6.07, 6.45) is 16.9. The first-order valence-electron chi connectivity index (χ1n) is 14.5. The fourth-order valence-corrected chi connectivity index (χ4v) is 5.32. The molecule has 0 aromatic heterocycles. The van der Waals surface area contributed by atoms with E-state index >= 15 is 0 Å². The fraction of sp³-hybridized carbons (Fsp3) is 0.594. The topological polar surface area (TPSA) is 44.8 Å². The Labute approximate surface area is 222 Å². The van der Waals surface area contributed by atoms with Crippen LogP contribution < -0.4 is 14.2 Å². The van der Waals surface area contributed by atoms with Crippen molar-refractivity contribution in [3.05, 3.63) is 53.8 Å². The Hall–Kier alpha value is -2.56. The molecule has 0 radical (unpaired) electrons. The molecule has 2 atom stereocenters. The van der Waals surface area contributed by atoms with Crippen molar-refractivity contribution >= 4 is 5.97 Å². The number of unbranched alkanes of at least 4 members (excludes halogenated alkanes) is 4. The van der Waals surface area contributed by atoms with Crippen molar-refractivity contribution < 1.29 is 23.4 Å². The first-order chi connectivity index (χ1) is 18.1. The lowest BCUT2D eigenvalue weighted by atomic mass is 9.74. The van der Waals surface area contributed by atoms with Crippen LogP contribution in [0.1, 0.15) is 108 Å². The van der Waals surface area contributed by atoms with Crippen LogP contribution in [0.2, 0.25) is 0 Å². The summed E-state index contributed by atoms with van der Waals surface area (Å²) in [6.45, 7) is 5.35. The number of halogens is 1. The standard InChI is InChI=1S/C32H45FO4/c1-3-5-6-7-8-12-25-13-9-10-14-26(25)15-11-23-35-28-17-19-29(20-18-28)37-32(34)27-16-21-31(30(33)24-27)36-22-4-2/h16-21,24-26H,3-15,22-23H2,1-2H3. The van der Waals surface area contributed by atoms with Crippen LogP contribution in [0.4, 0.5) is 4.39 Å². The van der Waals surface area contributed by atoms with E-state index in [0.717, 1.165) is 36.5 Å². The Balaban J connectivity index is 1.38. The minimum atomic E-state index is -0.609. The van der Waals surface area contributed by atoms with E-state index < -0.39 is 11.8 Å². The molecule has 4 nitrogen and oxygen atoms in total. The maximum atomic E-state index is 14.2. The molecule has 1 fully saturated rings. The predicted octanol–water partition coefficient (Wildman–Crippen LogP) is 9.16. The van der Waals surface area contributed by atoms with Crippen molar-refractivity contribution in [2.45, 2.75) is 97.3 Å². The molecule has 0 saturated heterocycles. The lowest BCUT2D eigenvalue weighted by molar-refractivity contribution is 0.0734. The zero-order chi connectivity index (χ0) is 26.3. The summed E-state index contributed by atoms with van der Waals surface area (Å²) in [5.74, 6) is 1.87. The van der Waals surface area contributed by atoms with Gasteiger partial charge in [0, 0.05) is 0 Å². The SMILES string of the molecule is CCCCCCCC1CCCCC1CCCOc1ccc(OC(=O)c2ccc(OCCC)c(F)c2)cc1. The predicted molar refractivity (Wildman–Crippen MR) is 147 cm³/mol. The average Bonchev–Trinajstić information content (AvgIpc) is 2.92. The van der Waals surface area contributed by atoms with Crippen molar-refractivity contribution in [2.75, 3.05) is 13.2 Å². The molecule has 2 unspecified atom stereocenters. The van der Waals surface area contributed by atoms with E-state index in [1.807, 2.05) is 19.1 Å². The zero-order valence-corrected chi connectivity index (χ0v) is 22.8. The van der Waals surface area contributed by atoms with Gasteiger partial charge in [-0.05, 0) is 73.6 Å². The van der Waals surface area contributed by atoms with Gasteiger partial charge in [-0.3, -0.25) is 0 Å². The molecule has 2 aromatic carbocycles. The molecule has 1 aliphatic carbocycles. The summed E-state index contributed by atoms with van der Waals surface area (Å²) in [4.78, 5) is 12.4. The van der Waals surface area contributed by atoms with E-state index in [1.54, 1.807) is 12.1 Å². The Kier molecular flexibility index (Phi) is 12.8. The highest BCUT2D eigenvalue weighted by molar-refractivity contribution is 5.91. The third kappa shape index (κ3) is 10.0. The summed E-state index contributed by atoms with van der Waals surface area (Å²) in [5, 5.41) is 0. The third-order valence-corrected chi connectivity index (χ3v) is 7.40. The van der Waals surface area contributed by atoms with Gasteiger partial charge in [-0.15, -0.1) is 0 Å². The highest BCUT2D eigenvalue weighted by Gasteiger charge is 2.24. The monoisotopic (exact) mass is 512 g/mol. The Bertz CT molecular complexity index is 927. The van der Waals surface area contributed by atoms with Crippen molar-refractivity contribution in [1.82, 2.24) is 0 Å². The van der Waals surface area contributed by atoms with Crippen molar-refractivity contribution in [3.63, 3.8) is 0 Å². The molecule has 0 bridgehead atoms. The fourth-order valence-electron chi connectivity index (χ4n) is 5.32. The van der Waals surface area contributed by atoms with Crippen molar-refractivity contribution in [3.8, 4) is 17.2 Å². The maximum Gasteiger partial charge on any atom is 0.343 e. The summed E-state index contributed by atoms with van der Waals surface area (Å²) in [5.41, 5.74) is 0.142. The summed E-state index contributed by atoms with van der Waals surface area (Å²) in [7, 11) is 0. The first-order valence-corrected chi connectivity index (χ1v) is 14.5. The highest BCUT2D eigenvalue weighted by Crippen LogP contribution is 2.36. The molecule has 2 aromatic rings. The molecule has 0 N–H and O–H groups in total. The van der Waals surface area contributed by atoms with Crippen LogP contribution in [0.3, 0.4) is 0 Å². The van der Waals surface area contributed by atoms with Gasteiger partial charge < -0.3 is 14.2 Å². The quantitative estimate of drug-likeness (QED) is 0.128. The van der Waals surface area contributed by atoms with Gasteiger partial charge in [-0.1, -0.05) is 78.1 Å². The highest BCUT2D eigenvalue weighted by atomic mass is 19.1. The van der Waals surface area contributed by atoms with Gasteiger partial charge in [0.2, 0.25) is 0 Å². The van der Waals surface area contributed by atoms with Gasteiger partial charge >= 0.3 is 5.97 Å². The molecule has 3 rings (SSSR count). The minimum absolute atomic E-state index is 0.140. The molecule has 0 spiro atoms. The molecule has 5 heteroatoms. The number of ether oxygens (including phenoxy) is 3. The van der Waals surface area contributed by atoms with E-state index in [-0.39, 0.29) is 11.3 Å². The number of carbonyl (C=O) groups excluding carboxylic acids is 1. The van der Waals surface area contributed by atoms with Gasteiger partial charge in [0.05, 0.1) is 18.8 Å². The van der Waals surface area contributed by atoms with Crippen LogP contribution in [0.15, 0.2) is 42.5 Å². The van der Waals surface area contributed by atoms with Crippen LogP contribution in [0, 0.1) is 17.7 Å². The largest absolute Gasteiger partial charge is 0.494 e. The van der Waals surface area contributed by atoms with Gasteiger partial charge in [0.1, 0.15) is 11.5 Å². The normalized spacial score (nSPS) is 17.4. The van der Waals surface area contributed by atoms with E-state index in [0.29, 0.717) is 19.0 Å². The molecule has 0 amide bonds. The Morgan fingerprint density at radius 1 is 0.784 bits per heavy atom. The molecular weight excluding hydrogens is 467 g/mol. The van der Waals surface area contributed by atoms with Crippen LogP contribution in [-0.4, -0.2) is 19.2 Å². The smallest absolute Gasteiger partial charge is 0.343 e. The second-order valence-electron chi connectivity index (χ2n) is 10.4. The second-order valence-corrected chi connectivity index (χ2v) is 10.4. The first kappa shape index (κ1) is 29.0. The van der Waals surface area contributed by atoms with Gasteiger partial charge in [0.15, 0.2) is 11.6 Å². The van der Waals surface area contributed by atoms with Crippen LogP contribution in [-0.2, 0) is 0 Å². The van der Waals surface area contributed by atoms with E-state index in [2.05, 4.69) is 6.92 Å². The molecular formula is C32H45FO4. The van der Waals surface area contributed by atoms with E-state index in [4.69, 9.17) is 14.2 Å². The number of hydrogen-bond acceptors (Lipinski definition) is 4. The zero-order valence-electron chi connectivity index (χ0n) is 22.8. The summed E-state index contributed by atoms with van der Waals surface area (Å²) < 4.78 is 30.8. The number of rotatable bonds is 16. The molecule has 1 saturated carbocycles. The minimum Gasteiger partial charge on any atom is -0.494 e. The number of carbonyl (C=O) groups is 1. The molecule has 1 aliphatic rings. The van der Waals surface area contributed by atoms with Gasteiger partial charge in [0.25, 0.3) is 0 Å². The van der Waals surface area contributed by atoms with E-state index in [9.17, 15) is 9.18 Å². The van der Waals surface area contributed by atoms with Crippen LogP contribution in [0.25, 0.3) is 0 Å².